The molecule has 25 heavy (non-hydrogen) atoms. The van der Waals surface area contributed by atoms with Crippen LogP contribution in [-0.2, 0) is 9.53 Å². The number of carbonyl (C=O) groups is 1. The van der Waals surface area contributed by atoms with Gasteiger partial charge in [0.25, 0.3) is 0 Å². The lowest BCUT2D eigenvalue weighted by Crippen LogP contribution is -2.59. The Kier molecular flexibility index (Phi) is 4.02. The second kappa shape index (κ2) is 5.77. The van der Waals surface area contributed by atoms with E-state index in [-0.39, 0.29) is 22.4 Å². The van der Waals surface area contributed by atoms with Crippen molar-refractivity contribution in [2.45, 2.75) is 77.4 Å². The van der Waals surface area contributed by atoms with Gasteiger partial charge in [0, 0.05) is 36.2 Å². The molecule has 0 aliphatic heterocycles. The summed E-state index contributed by atoms with van der Waals surface area (Å²) >= 11 is 0. The van der Waals surface area contributed by atoms with Crippen LogP contribution >= 0.6 is 0 Å². The molecule has 0 radical (unpaired) electrons. The van der Waals surface area contributed by atoms with Crippen molar-refractivity contribution in [3.05, 3.63) is 10.1 Å². The van der Waals surface area contributed by atoms with E-state index >= 15 is 0 Å². The molecule has 5 heteroatoms. The first-order valence-electron chi connectivity index (χ1n) is 10.00. The monoisotopic (exact) mass is 349 g/mol. The summed E-state index contributed by atoms with van der Waals surface area (Å²) in [5.74, 6) is 1.69. The summed E-state index contributed by atoms with van der Waals surface area (Å²) in [6, 6.07) is -0.536. The van der Waals surface area contributed by atoms with Crippen LogP contribution in [0.3, 0.4) is 0 Å². The number of Topliss-reactive ketones (excluding diaryl/α,β-unsaturated/α-hetero) is 1. The van der Waals surface area contributed by atoms with Gasteiger partial charge in [-0.1, -0.05) is 13.8 Å². The Hall–Kier alpha value is -0.970. The third kappa shape index (κ3) is 2.34. The zero-order valence-corrected chi connectivity index (χ0v) is 15.7. The third-order valence-electron chi connectivity index (χ3n) is 8.79. The molecule has 0 aromatic rings. The molecule has 0 aromatic carbocycles. The summed E-state index contributed by atoms with van der Waals surface area (Å²) in [6.45, 7) is 4.35. The highest BCUT2D eigenvalue weighted by molar-refractivity contribution is 5.84. The van der Waals surface area contributed by atoms with Crippen LogP contribution in [0.2, 0.25) is 0 Å². The van der Waals surface area contributed by atoms with Crippen molar-refractivity contribution in [3.63, 3.8) is 0 Å². The fraction of sp³-hybridized carbons (Fsp3) is 0.950. The van der Waals surface area contributed by atoms with E-state index < -0.39 is 11.5 Å². The van der Waals surface area contributed by atoms with E-state index in [0.29, 0.717) is 36.4 Å². The van der Waals surface area contributed by atoms with Gasteiger partial charge in [0.15, 0.2) is 0 Å². The van der Waals surface area contributed by atoms with Crippen LogP contribution in [0.1, 0.15) is 65.2 Å². The lowest BCUT2D eigenvalue weighted by molar-refractivity contribution is -0.539. The number of fused-ring (bicyclic) bond motifs is 5. The second-order valence-electron chi connectivity index (χ2n) is 9.69. The van der Waals surface area contributed by atoms with E-state index in [1.807, 2.05) is 6.92 Å². The Morgan fingerprint density at radius 1 is 1.08 bits per heavy atom. The van der Waals surface area contributed by atoms with Gasteiger partial charge in [0.2, 0.25) is 6.04 Å². The molecule has 4 rings (SSSR count). The molecule has 0 heterocycles. The van der Waals surface area contributed by atoms with E-state index in [0.717, 1.165) is 32.1 Å². The third-order valence-corrected chi connectivity index (χ3v) is 8.79. The van der Waals surface area contributed by atoms with Crippen LogP contribution < -0.4 is 0 Å². The van der Waals surface area contributed by atoms with Crippen molar-refractivity contribution in [1.29, 1.82) is 0 Å². The minimum absolute atomic E-state index is 0.0208. The minimum Gasteiger partial charge on any atom is -0.381 e. The minimum atomic E-state index is -0.536. The highest BCUT2D eigenvalue weighted by Gasteiger charge is 2.66. The van der Waals surface area contributed by atoms with Crippen LogP contribution in [0.15, 0.2) is 0 Å². The average molecular weight is 349 g/mol. The summed E-state index contributed by atoms with van der Waals surface area (Å²) in [5.41, 5.74) is -0.409. The van der Waals surface area contributed by atoms with E-state index in [1.54, 1.807) is 7.11 Å². The molecule has 140 valence electrons. The average Bonchev–Trinajstić information content (AvgIpc) is 2.90. The van der Waals surface area contributed by atoms with Crippen LogP contribution in [-0.4, -0.2) is 30.0 Å². The number of ether oxygens (including phenoxy) is 1. The highest BCUT2D eigenvalue weighted by Crippen LogP contribution is 2.65. The molecule has 0 bridgehead atoms. The number of ketones is 1. The number of carbonyl (C=O) groups excluding carboxylic acids is 1. The predicted octanol–water partition coefficient (Wildman–Crippen LogP) is 3.87. The van der Waals surface area contributed by atoms with Gasteiger partial charge in [-0.2, -0.15) is 0 Å². The van der Waals surface area contributed by atoms with Gasteiger partial charge in [-0.25, -0.2) is 0 Å². The molecule has 4 fully saturated rings. The predicted molar refractivity (Wildman–Crippen MR) is 93.7 cm³/mol. The van der Waals surface area contributed by atoms with Crippen molar-refractivity contribution in [2.75, 3.05) is 7.11 Å². The van der Waals surface area contributed by atoms with Gasteiger partial charge in [0.05, 0.1) is 6.10 Å². The van der Waals surface area contributed by atoms with Gasteiger partial charge >= 0.3 is 0 Å². The summed E-state index contributed by atoms with van der Waals surface area (Å²) in [7, 11) is 1.78. The molecule has 0 aromatic heterocycles. The molecule has 4 aliphatic rings. The van der Waals surface area contributed by atoms with Crippen LogP contribution in [0.25, 0.3) is 0 Å². The quantitative estimate of drug-likeness (QED) is 0.560. The summed E-state index contributed by atoms with van der Waals surface area (Å²) in [6.07, 6.45) is 7.73. The standard InChI is InChI=1S/C20H31NO4/c1-19-10-13(25-3)6-4-12(19)5-7-14-15-8-9-17(21(23)24)20(15,2)11-16(22)18(14)19/h12-15,17-18H,4-11H2,1-3H3. The SMILES string of the molecule is COC1CCC2CCC3C4CCC([N+](=O)[O-])C4(C)CC(=O)C3C2(C)C1. The Labute approximate surface area is 150 Å². The summed E-state index contributed by atoms with van der Waals surface area (Å²) in [4.78, 5) is 24.8. The van der Waals surface area contributed by atoms with Gasteiger partial charge < -0.3 is 4.74 Å². The number of hydrogen-bond donors (Lipinski definition) is 0. The molecule has 4 saturated carbocycles. The molecule has 5 nitrogen and oxygen atoms in total. The first-order valence-corrected chi connectivity index (χ1v) is 10.00. The second-order valence-corrected chi connectivity index (χ2v) is 9.69. The first kappa shape index (κ1) is 17.4. The topological polar surface area (TPSA) is 69.4 Å². The normalized spacial score (nSPS) is 52.2. The van der Waals surface area contributed by atoms with Crippen LogP contribution in [0, 0.1) is 44.6 Å². The molecule has 0 saturated heterocycles. The Bertz CT molecular complexity index is 592. The zero-order chi connectivity index (χ0) is 18.0. The molecule has 0 spiro atoms. The molecule has 0 N–H and O–H groups in total. The molecular formula is C20H31NO4. The maximum atomic E-state index is 13.3. The van der Waals surface area contributed by atoms with Gasteiger partial charge in [-0.3, -0.25) is 14.9 Å². The maximum Gasteiger partial charge on any atom is 0.219 e. The molecule has 0 amide bonds. The molecular weight excluding hydrogens is 318 g/mol. The van der Waals surface area contributed by atoms with Crippen molar-refractivity contribution >= 4 is 5.78 Å². The smallest absolute Gasteiger partial charge is 0.219 e. The highest BCUT2D eigenvalue weighted by atomic mass is 16.6. The van der Waals surface area contributed by atoms with Gasteiger partial charge in [-0.15, -0.1) is 0 Å². The number of hydrogen-bond acceptors (Lipinski definition) is 4. The molecule has 8 atom stereocenters. The number of nitro groups is 1. The van der Waals surface area contributed by atoms with E-state index in [9.17, 15) is 14.9 Å². The maximum absolute atomic E-state index is 13.3. The zero-order valence-electron chi connectivity index (χ0n) is 15.7. The molecule has 4 aliphatic carbocycles. The lowest BCUT2D eigenvalue weighted by Gasteiger charge is -2.59. The fourth-order valence-corrected chi connectivity index (χ4v) is 7.65. The van der Waals surface area contributed by atoms with E-state index in [2.05, 4.69) is 6.92 Å². The summed E-state index contributed by atoms with van der Waals surface area (Å²) < 4.78 is 5.67. The Morgan fingerprint density at radius 2 is 1.80 bits per heavy atom. The molecule has 8 unspecified atom stereocenters. The van der Waals surface area contributed by atoms with Gasteiger partial charge in [0.1, 0.15) is 5.78 Å². The Morgan fingerprint density at radius 3 is 2.48 bits per heavy atom. The number of nitrogens with zero attached hydrogens (tertiary/aromatic N) is 1. The van der Waals surface area contributed by atoms with Crippen molar-refractivity contribution < 1.29 is 14.5 Å². The van der Waals surface area contributed by atoms with Crippen molar-refractivity contribution in [1.82, 2.24) is 0 Å². The van der Waals surface area contributed by atoms with Gasteiger partial charge in [-0.05, 0) is 61.7 Å². The lowest BCUT2D eigenvalue weighted by atomic mass is 9.44. The van der Waals surface area contributed by atoms with E-state index in [4.69, 9.17) is 4.74 Å². The largest absolute Gasteiger partial charge is 0.381 e. The van der Waals surface area contributed by atoms with Crippen molar-refractivity contribution in [3.8, 4) is 0 Å². The number of methoxy groups -OCH3 is 1. The Balaban J connectivity index is 1.68. The first-order chi connectivity index (χ1) is 11.8. The van der Waals surface area contributed by atoms with E-state index in [1.165, 1.54) is 6.42 Å². The summed E-state index contributed by atoms with van der Waals surface area (Å²) in [5, 5.41) is 11.6. The van der Waals surface area contributed by atoms with Crippen LogP contribution in [0.5, 0.6) is 0 Å². The van der Waals surface area contributed by atoms with Crippen LogP contribution in [0.4, 0.5) is 0 Å². The number of rotatable bonds is 2. The van der Waals surface area contributed by atoms with Crippen molar-refractivity contribution in [2.24, 2.45) is 34.5 Å². The fourth-order valence-electron chi connectivity index (χ4n) is 7.65.